The molecule has 0 aliphatic carbocycles. The highest BCUT2D eigenvalue weighted by Gasteiger charge is 2.00. The molecule has 2 heterocycles. The highest BCUT2D eigenvalue weighted by atomic mass is 32.1. The molecule has 0 fully saturated rings. The zero-order chi connectivity index (χ0) is 15.6. The van der Waals surface area contributed by atoms with Gasteiger partial charge in [0.1, 0.15) is 17.7 Å². The van der Waals surface area contributed by atoms with E-state index in [9.17, 15) is 0 Å². The van der Waals surface area contributed by atoms with Gasteiger partial charge in [-0.2, -0.15) is 0 Å². The first kappa shape index (κ1) is 16.4. The smallest absolute Gasteiger partial charge is 0.191 e. The van der Waals surface area contributed by atoms with E-state index < -0.39 is 0 Å². The van der Waals surface area contributed by atoms with Crippen LogP contribution in [-0.2, 0) is 13.1 Å². The van der Waals surface area contributed by atoms with Crippen LogP contribution in [0.4, 0.5) is 0 Å². The van der Waals surface area contributed by atoms with E-state index in [1.54, 1.807) is 24.0 Å². The molecule has 0 amide bonds. The molecule has 120 valence electrons. The number of thiazole rings is 1. The zero-order valence-corrected chi connectivity index (χ0v) is 13.9. The van der Waals surface area contributed by atoms with Crippen molar-refractivity contribution in [1.29, 1.82) is 0 Å². The second-order valence-corrected chi connectivity index (χ2v) is 6.21. The van der Waals surface area contributed by atoms with Crippen molar-refractivity contribution in [3.05, 3.63) is 28.7 Å². The number of aromatic nitrogens is 4. The first-order valence-electron chi connectivity index (χ1n) is 7.54. The molecule has 7 nitrogen and oxygen atoms in total. The van der Waals surface area contributed by atoms with E-state index in [0.717, 1.165) is 43.4 Å². The minimum atomic E-state index is 0.620. The molecule has 8 heteroatoms. The Morgan fingerprint density at radius 1 is 1.27 bits per heavy atom. The van der Waals surface area contributed by atoms with Crippen molar-refractivity contribution in [3.63, 3.8) is 0 Å². The van der Waals surface area contributed by atoms with Gasteiger partial charge in [-0.1, -0.05) is 0 Å². The van der Waals surface area contributed by atoms with Gasteiger partial charge in [-0.15, -0.1) is 21.5 Å². The normalized spacial score (nSPS) is 11.6. The first-order valence-corrected chi connectivity index (χ1v) is 8.35. The van der Waals surface area contributed by atoms with Crippen LogP contribution in [0.15, 0.2) is 23.8 Å². The summed E-state index contributed by atoms with van der Waals surface area (Å²) in [6.45, 7) is 7.44. The molecule has 0 aromatic carbocycles. The third-order valence-corrected chi connectivity index (χ3v) is 3.89. The fraction of sp³-hybridized carbons (Fsp3) is 0.571. The van der Waals surface area contributed by atoms with Gasteiger partial charge in [0, 0.05) is 30.7 Å². The molecule has 2 rings (SSSR count). The Hall–Kier alpha value is -1.96. The van der Waals surface area contributed by atoms with Crippen molar-refractivity contribution in [3.8, 4) is 0 Å². The number of aliphatic imine (C=N–C) groups is 1. The predicted molar refractivity (Wildman–Crippen MR) is 88.9 cm³/mol. The maximum atomic E-state index is 4.56. The number of hydrogen-bond acceptors (Lipinski definition) is 5. The second-order valence-electron chi connectivity index (χ2n) is 4.89. The summed E-state index contributed by atoms with van der Waals surface area (Å²) in [4.78, 5) is 10.1. The molecule has 2 N–H and O–H groups in total. The minimum Gasteiger partial charge on any atom is -0.357 e. The van der Waals surface area contributed by atoms with Crippen molar-refractivity contribution < 1.29 is 0 Å². The van der Waals surface area contributed by atoms with Crippen LogP contribution in [0.3, 0.4) is 0 Å². The van der Waals surface area contributed by atoms with Crippen molar-refractivity contribution in [1.82, 2.24) is 30.4 Å². The Balaban J connectivity index is 1.69. The molecule has 0 spiro atoms. The van der Waals surface area contributed by atoms with E-state index in [0.29, 0.717) is 6.54 Å². The van der Waals surface area contributed by atoms with Gasteiger partial charge in [0.05, 0.1) is 6.54 Å². The van der Waals surface area contributed by atoms with Gasteiger partial charge < -0.3 is 15.2 Å². The summed E-state index contributed by atoms with van der Waals surface area (Å²) in [6, 6.07) is 0. The molecule has 0 bridgehead atoms. The number of unbranched alkanes of at least 4 members (excludes halogenated alkanes) is 1. The maximum absolute atomic E-state index is 4.56. The number of rotatable bonds is 8. The molecule has 22 heavy (non-hydrogen) atoms. The lowest BCUT2D eigenvalue weighted by molar-refractivity contribution is 0.598. The third kappa shape index (κ3) is 5.80. The van der Waals surface area contributed by atoms with Crippen LogP contribution in [0.2, 0.25) is 0 Å². The Kier molecular flexibility index (Phi) is 6.82. The van der Waals surface area contributed by atoms with Crippen molar-refractivity contribution in [2.24, 2.45) is 4.99 Å². The van der Waals surface area contributed by atoms with Gasteiger partial charge in [0.25, 0.3) is 0 Å². The fourth-order valence-electron chi connectivity index (χ4n) is 1.93. The minimum absolute atomic E-state index is 0.620. The molecule has 0 saturated carbocycles. The number of aryl methyl sites for hydroxylation is 2. The lowest BCUT2D eigenvalue weighted by atomic mass is 10.3. The first-order chi connectivity index (χ1) is 10.8. The molecule has 0 atom stereocenters. The van der Waals surface area contributed by atoms with E-state index in [1.165, 1.54) is 4.88 Å². The Morgan fingerprint density at radius 3 is 2.77 bits per heavy atom. The van der Waals surface area contributed by atoms with Crippen molar-refractivity contribution >= 4 is 17.3 Å². The monoisotopic (exact) mass is 321 g/mol. The second kappa shape index (κ2) is 9.14. The predicted octanol–water partition coefficient (Wildman–Crippen LogP) is 1.58. The van der Waals surface area contributed by atoms with E-state index in [1.807, 2.05) is 10.8 Å². The Morgan fingerprint density at radius 2 is 2.09 bits per heavy atom. The fourth-order valence-corrected chi connectivity index (χ4v) is 2.64. The summed E-state index contributed by atoms with van der Waals surface area (Å²) < 4.78 is 1.99. The summed E-state index contributed by atoms with van der Waals surface area (Å²) in [5, 5.41) is 15.2. The maximum Gasteiger partial charge on any atom is 0.191 e. The van der Waals surface area contributed by atoms with Crippen LogP contribution < -0.4 is 10.6 Å². The van der Waals surface area contributed by atoms with E-state index >= 15 is 0 Å². The van der Waals surface area contributed by atoms with Crippen molar-refractivity contribution in [2.45, 2.75) is 39.8 Å². The lowest BCUT2D eigenvalue weighted by Gasteiger charge is -2.10. The topological polar surface area (TPSA) is 80.0 Å². The average molecular weight is 321 g/mol. The van der Waals surface area contributed by atoms with Gasteiger partial charge >= 0.3 is 0 Å². The summed E-state index contributed by atoms with van der Waals surface area (Å²) in [5.74, 6) is 0.847. The molecule has 0 aliphatic rings. The molecule has 0 aliphatic heterocycles. The number of nitrogens with one attached hydrogen (secondary N) is 2. The van der Waals surface area contributed by atoms with E-state index in [4.69, 9.17) is 0 Å². The highest BCUT2D eigenvalue weighted by Crippen LogP contribution is 2.11. The molecular formula is C14H23N7S. The Labute approximate surface area is 134 Å². The van der Waals surface area contributed by atoms with Gasteiger partial charge in [0.15, 0.2) is 5.96 Å². The molecular weight excluding hydrogens is 298 g/mol. The van der Waals surface area contributed by atoms with Crippen LogP contribution in [0, 0.1) is 6.92 Å². The molecule has 2 aromatic rings. The van der Waals surface area contributed by atoms with Gasteiger partial charge in [0.2, 0.25) is 0 Å². The van der Waals surface area contributed by atoms with Crippen molar-refractivity contribution in [2.75, 3.05) is 13.1 Å². The standard InChI is InChI=1S/C14H23N7S/c1-3-15-14(18-9-13-17-8-12(2)22-13)16-6-4-5-7-21-10-19-20-11-21/h8,10-11H,3-7,9H2,1-2H3,(H2,15,16,18). The largest absolute Gasteiger partial charge is 0.357 e. The van der Waals surface area contributed by atoms with E-state index in [2.05, 4.69) is 44.7 Å². The van der Waals surface area contributed by atoms with Gasteiger partial charge in [-0.25, -0.2) is 9.98 Å². The van der Waals surface area contributed by atoms with Crippen LogP contribution >= 0.6 is 11.3 Å². The highest BCUT2D eigenvalue weighted by molar-refractivity contribution is 7.11. The summed E-state index contributed by atoms with van der Waals surface area (Å²) in [7, 11) is 0. The van der Waals surface area contributed by atoms with Crippen LogP contribution in [0.25, 0.3) is 0 Å². The van der Waals surface area contributed by atoms with Crippen LogP contribution in [-0.4, -0.2) is 38.8 Å². The van der Waals surface area contributed by atoms with Crippen LogP contribution in [0.5, 0.6) is 0 Å². The quantitative estimate of drug-likeness (QED) is 0.438. The molecule has 0 radical (unpaired) electrons. The SMILES string of the molecule is CCNC(=NCc1ncc(C)s1)NCCCCn1cnnc1. The summed E-state index contributed by atoms with van der Waals surface area (Å²) in [5.41, 5.74) is 0. The number of guanidine groups is 1. The number of nitrogens with zero attached hydrogens (tertiary/aromatic N) is 5. The van der Waals surface area contributed by atoms with Gasteiger partial charge in [-0.3, -0.25) is 0 Å². The summed E-state index contributed by atoms with van der Waals surface area (Å²) >= 11 is 1.69. The van der Waals surface area contributed by atoms with E-state index in [-0.39, 0.29) is 0 Å². The summed E-state index contributed by atoms with van der Waals surface area (Å²) in [6.07, 6.45) is 7.53. The molecule has 2 aromatic heterocycles. The average Bonchev–Trinajstić information content (AvgIpc) is 3.16. The van der Waals surface area contributed by atoms with Crippen LogP contribution in [0.1, 0.15) is 29.7 Å². The molecule has 0 unspecified atom stereocenters. The third-order valence-electron chi connectivity index (χ3n) is 2.99. The van der Waals surface area contributed by atoms with Gasteiger partial charge in [-0.05, 0) is 26.7 Å². The number of hydrogen-bond donors (Lipinski definition) is 2. The zero-order valence-electron chi connectivity index (χ0n) is 13.1. The lowest BCUT2D eigenvalue weighted by Crippen LogP contribution is -2.37. The molecule has 0 saturated heterocycles. The Bertz CT molecular complexity index is 562.